The smallest absolute Gasteiger partial charge is 0.299 e. The molecule has 21 heavy (non-hydrogen) atoms. The SMILES string of the molecule is FC(F)(F)c1cn(-c2ccccc2)c(-c2ccccc2)n1. The van der Waals surface area contributed by atoms with Crippen LogP contribution in [0.1, 0.15) is 5.69 Å². The summed E-state index contributed by atoms with van der Waals surface area (Å²) in [7, 11) is 0. The predicted octanol–water partition coefficient (Wildman–Crippen LogP) is 4.56. The third-order valence-electron chi connectivity index (χ3n) is 3.06. The molecule has 0 saturated carbocycles. The van der Waals surface area contributed by atoms with Gasteiger partial charge in [-0.3, -0.25) is 4.57 Å². The lowest BCUT2D eigenvalue weighted by Crippen LogP contribution is -2.04. The van der Waals surface area contributed by atoms with E-state index in [4.69, 9.17) is 0 Å². The van der Waals surface area contributed by atoms with Crippen LogP contribution in [0.2, 0.25) is 0 Å². The largest absolute Gasteiger partial charge is 0.434 e. The number of rotatable bonds is 2. The Kier molecular flexibility index (Phi) is 3.25. The second-order valence-corrected chi connectivity index (χ2v) is 4.52. The summed E-state index contributed by atoms with van der Waals surface area (Å²) in [6.45, 7) is 0. The number of benzene rings is 2. The standard InChI is InChI=1S/C16H11F3N2/c17-16(18,19)14-11-21(13-9-5-2-6-10-13)15(20-14)12-7-3-1-4-8-12/h1-11H. The van der Waals surface area contributed by atoms with Crippen LogP contribution in [-0.2, 0) is 6.18 Å². The highest BCUT2D eigenvalue weighted by Gasteiger charge is 2.35. The molecule has 3 aromatic rings. The molecule has 2 nitrogen and oxygen atoms in total. The minimum absolute atomic E-state index is 0.272. The van der Waals surface area contributed by atoms with E-state index in [2.05, 4.69) is 4.98 Å². The van der Waals surface area contributed by atoms with Gasteiger partial charge in [-0.2, -0.15) is 13.2 Å². The van der Waals surface area contributed by atoms with Gasteiger partial charge in [0, 0.05) is 17.4 Å². The maximum absolute atomic E-state index is 12.9. The lowest BCUT2D eigenvalue weighted by molar-refractivity contribution is -0.140. The minimum Gasteiger partial charge on any atom is -0.299 e. The van der Waals surface area contributed by atoms with Crippen molar-refractivity contribution in [2.24, 2.45) is 0 Å². The number of para-hydroxylation sites is 1. The van der Waals surface area contributed by atoms with Crippen LogP contribution in [0, 0.1) is 0 Å². The Morgan fingerprint density at radius 2 is 1.38 bits per heavy atom. The number of imidazole rings is 1. The van der Waals surface area contributed by atoms with Crippen LogP contribution < -0.4 is 0 Å². The molecule has 3 rings (SSSR count). The summed E-state index contributed by atoms with van der Waals surface area (Å²) < 4.78 is 40.3. The van der Waals surface area contributed by atoms with E-state index in [-0.39, 0.29) is 5.82 Å². The van der Waals surface area contributed by atoms with Crippen molar-refractivity contribution in [3.8, 4) is 17.1 Å². The fraction of sp³-hybridized carbons (Fsp3) is 0.0625. The minimum atomic E-state index is -4.47. The van der Waals surface area contributed by atoms with Gasteiger partial charge in [0.15, 0.2) is 5.69 Å². The van der Waals surface area contributed by atoms with Crippen molar-refractivity contribution >= 4 is 0 Å². The lowest BCUT2D eigenvalue weighted by Gasteiger charge is -2.07. The van der Waals surface area contributed by atoms with Gasteiger partial charge in [0.2, 0.25) is 0 Å². The average Bonchev–Trinajstić information content (AvgIpc) is 2.94. The molecule has 0 radical (unpaired) electrons. The molecule has 0 aliphatic rings. The van der Waals surface area contributed by atoms with Crippen LogP contribution in [0.5, 0.6) is 0 Å². The highest BCUT2D eigenvalue weighted by molar-refractivity contribution is 5.59. The van der Waals surface area contributed by atoms with Gasteiger partial charge < -0.3 is 0 Å². The molecule has 5 heteroatoms. The fourth-order valence-electron chi connectivity index (χ4n) is 2.09. The van der Waals surface area contributed by atoms with Crippen molar-refractivity contribution in [2.75, 3.05) is 0 Å². The zero-order valence-electron chi connectivity index (χ0n) is 10.9. The second kappa shape index (κ2) is 5.09. The van der Waals surface area contributed by atoms with Crippen LogP contribution in [0.3, 0.4) is 0 Å². The zero-order chi connectivity index (χ0) is 14.9. The molecule has 0 spiro atoms. The third-order valence-corrected chi connectivity index (χ3v) is 3.06. The molecule has 106 valence electrons. The van der Waals surface area contributed by atoms with E-state index >= 15 is 0 Å². The summed E-state index contributed by atoms with van der Waals surface area (Å²) >= 11 is 0. The normalized spacial score (nSPS) is 11.6. The van der Waals surface area contributed by atoms with Crippen LogP contribution in [0.15, 0.2) is 66.9 Å². The molecule has 0 saturated heterocycles. The molecule has 1 heterocycles. The summed E-state index contributed by atoms with van der Waals surface area (Å²) in [5.74, 6) is 0.272. The molecule has 0 atom stereocenters. The molecule has 2 aromatic carbocycles. The summed E-state index contributed by atoms with van der Waals surface area (Å²) in [6, 6.07) is 17.7. The third kappa shape index (κ3) is 2.67. The maximum Gasteiger partial charge on any atom is 0.434 e. The first kappa shape index (κ1) is 13.4. The van der Waals surface area contributed by atoms with E-state index < -0.39 is 11.9 Å². The topological polar surface area (TPSA) is 17.8 Å². The molecule has 0 fully saturated rings. The van der Waals surface area contributed by atoms with Gasteiger partial charge in [0.25, 0.3) is 0 Å². The molecule has 0 aliphatic heterocycles. The van der Waals surface area contributed by atoms with Crippen LogP contribution in [0.25, 0.3) is 17.1 Å². The Balaban J connectivity index is 2.20. The molecule has 0 amide bonds. The molecular weight excluding hydrogens is 277 g/mol. The van der Waals surface area contributed by atoms with Crippen molar-refractivity contribution in [3.63, 3.8) is 0 Å². The van der Waals surface area contributed by atoms with E-state index in [0.717, 1.165) is 6.20 Å². The van der Waals surface area contributed by atoms with Crippen molar-refractivity contribution in [2.45, 2.75) is 6.18 Å². The van der Waals surface area contributed by atoms with Crippen molar-refractivity contribution in [1.82, 2.24) is 9.55 Å². The molecular formula is C16H11F3N2. The predicted molar refractivity (Wildman–Crippen MR) is 74.0 cm³/mol. The quantitative estimate of drug-likeness (QED) is 0.676. The Bertz CT molecular complexity index is 674. The lowest BCUT2D eigenvalue weighted by atomic mass is 10.2. The number of aromatic nitrogens is 2. The fourth-order valence-corrected chi connectivity index (χ4v) is 2.09. The molecule has 1 aromatic heterocycles. The van der Waals surface area contributed by atoms with Crippen molar-refractivity contribution < 1.29 is 13.2 Å². The maximum atomic E-state index is 12.9. The van der Waals surface area contributed by atoms with Crippen molar-refractivity contribution in [1.29, 1.82) is 0 Å². The number of hydrogen-bond donors (Lipinski definition) is 0. The summed E-state index contributed by atoms with van der Waals surface area (Å²) in [5.41, 5.74) is 0.376. The van der Waals surface area contributed by atoms with Gasteiger partial charge in [-0.25, -0.2) is 4.98 Å². The van der Waals surface area contributed by atoms with Gasteiger partial charge in [-0.05, 0) is 12.1 Å². The van der Waals surface area contributed by atoms with Crippen molar-refractivity contribution in [3.05, 3.63) is 72.6 Å². The molecule has 0 bridgehead atoms. The number of nitrogens with zero attached hydrogens (tertiary/aromatic N) is 2. The Labute approximate surface area is 119 Å². The summed E-state index contributed by atoms with van der Waals surface area (Å²) in [5, 5.41) is 0. The molecule has 0 unspecified atom stereocenters. The Morgan fingerprint density at radius 3 is 1.95 bits per heavy atom. The highest BCUT2D eigenvalue weighted by Crippen LogP contribution is 2.32. The van der Waals surface area contributed by atoms with E-state index in [1.807, 2.05) is 12.1 Å². The van der Waals surface area contributed by atoms with Crippen LogP contribution >= 0.6 is 0 Å². The van der Waals surface area contributed by atoms with E-state index in [9.17, 15) is 13.2 Å². The van der Waals surface area contributed by atoms with E-state index in [1.165, 1.54) is 4.57 Å². The van der Waals surface area contributed by atoms with Gasteiger partial charge in [0.05, 0.1) is 0 Å². The molecule has 0 N–H and O–H groups in total. The van der Waals surface area contributed by atoms with Gasteiger partial charge in [-0.15, -0.1) is 0 Å². The van der Waals surface area contributed by atoms with E-state index in [1.54, 1.807) is 48.5 Å². The van der Waals surface area contributed by atoms with Crippen LogP contribution in [-0.4, -0.2) is 9.55 Å². The second-order valence-electron chi connectivity index (χ2n) is 4.52. The highest BCUT2D eigenvalue weighted by atomic mass is 19.4. The number of halogens is 3. The first-order valence-corrected chi connectivity index (χ1v) is 6.33. The average molecular weight is 288 g/mol. The van der Waals surface area contributed by atoms with E-state index in [0.29, 0.717) is 11.3 Å². The molecule has 0 aliphatic carbocycles. The summed E-state index contributed by atoms with van der Waals surface area (Å²) in [6.07, 6.45) is -3.44. The van der Waals surface area contributed by atoms with Gasteiger partial charge in [0.1, 0.15) is 5.82 Å². The Morgan fingerprint density at radius 1 is 0.810 bits per heavy atom. The van der Waals surface area contributed by atoms with Gasteiger partial charge >= 0.3 is 6.18 Å². The first-order chi connectivity index (χ1) is 10.1. The van der Waals surface area contributed by atoms with Gasteiger partial charge in [-0.1, -0.05) is 48.5 Å². The number of alkyl halides is 3. The zero-order valence-corrected chi connectivity index (χ0v) is 10.9. The number of hydrogen-bond acceptors (Lipinski definition) is 1. The summed E-state index contributed by atoms with van der Waals surface area (Å²) in [4.78, 5) is 3.77. The Hall–Kier alpha value is -2.56. The first-order valence-electron chi connectivity index (χ1n) is 6.33. The van der Waals surface area contributed by atoms with Crippen LogP contribution in [0.4, 0.5) is 13.2 Å². The monoisotopic (exact) mass is 288 g/mol.